The largest absolute Gasteiger partial charge is 0.484 e. The number of fused-ring (bicyclic) bond motifs is 1. The lowest BCUT2D eigenvalue weighted by atomic mass is 10.0. The van der Waals surface area contributed by atoms with Crippen LogP contribution in [0.25, 0.3) is 22.1 Å². The molecule has 0 fully saturated rings. The summed E-state index contributed by atoms with van der Waals surface area (Å²) in [6.07, 6.45) is 3.13. The van der Waals surface area contributed by atoms with Gasteiger partial charge in [0.1, 0.15) is 17.6 Å². The highest BCUT2D eigenvalue weighted by Crippen LogP contribution is 2.24. The molecular formula is C27H25NO4. The van der Waals surface area contributed by atoms with Crippen molar-refractivity contribution in [2.45, 2.75) is 26.7 Å². The third kappa shape index (κ3) is 4.42. The lowest BCUT2D eigenvalue weighted by Crippen LogP contribution is -2.21. The quantitative estimate of drug-likeness (QED) is 0.417. The second kappa shape index (κ2) is 9.52. The topological polar surface area (TPSA) is 68.5 Å². The predicted molar refractivity (Wildman–Crippen MR) is 127 cm³/mol. The maximum Gasteiger partial charge on any atom is 0.262 e. The molecule has 0 bridgehead atoms. The van der Waals surface area contributed by atoms with Gasteiger partial charge in [-0.15, -0.1) is 0 Å². The molecule has 3 aromatic carbocycles. The van der Waals surface area contributed by atoms with Crippen molar-refractivity contribution in [2.75, 3.05) is 11.9 Å². The maximum absolute atomic E-state index is 12.9. The third-order valence-electron chi connectivity index (χ3n) is 5.46. The summed E-state index contributed by atoms with van der Waals surface area (Å²) >= 11 is 0. The number of hydrogen-bond donors (Lipinski definition) is 1. The van der Waals surface area contributed by atoms with E-state index in [4.69, 9.17) is 9.15 Å². The second-order valence-corrected chi connectivity index (χ2v) is 7.50. The molecule has 0 unspecified atom stereocenters. The van der Waals surface area contributed by atoms with E-state index < -0.39 is 0 Å². The van der Waals surface area contributed by atoms with Crippen molar-refractivity contribution in [1.82, 2.24) is 0 Å². The zero-order valence-electron chi connectivity index (χ0n) is 18.2. The Balaban J connectivity index is 1.50. The van der Waals surface area contributed by atoms with Crippen molar-refractivity contribution in [2.24, 2.45) is 0 Å². The van der Waals surface area contributed by atoms with Crippen LogP contribution in [-0.4, -0.2) is 12.5 Å². The summed E-state index contributed by atoms with van der Waals surface area (Å²) in [6.45, 7) is 3.99. The highest BCUT2D eigenvalue weighted by Gasteiger charge is 2.13. The Labute approximate surface area is 186 Å². The van der Waals surface area contributed by atoms with E-state index in [1.807, 2.05) is 48.5 Å². The summed E-state index contributed by atoms with van der Waals surface area (Å²) in [4.78, 5) is 25.4. The number of ether oxygens (including phenoxy) is 1. The lowest BCUT2D eigenvalue weighted by Gasteiger charge is -2.14. The number of carbonyl (C=O) groups is 1. The van der Waals surface area contributed by atoms with Crippen LogP contribution in [0.4, 0.5) is 5.69 Å². The number of amides is 1. The summed E-state index contributed by atoms with van der Waals surface area (Å²) in [6, 6.07) is 20.4. The van der Waals surface area contributed by atoms with Crippen LogP contribution in [0.3, 0.4) is 0 Å². The first-order valence-corrected chi connectivity index (χ1v) is 10.7. The van der Waals surface area contributed by atoms with E-state index in [0.717, 1.165) is 35.2 Å². The fourth-order valence-electron chi connectivity index (χ4n) is 3.74. The van der Waals surface area contributed by atoms with Crippen molar-refractivity contribution < 1.29 is 13.9 Å². The van der Waals surface area contributed by atoms with E-state index >= 15 is 0 Å². The molecule has 0 aliphatic heterocycles. The molecule has 4 aromatic rings. The fourth-order valence-corrected chi connectivity index (χ4v) is 3.74. The smallest absolute Gasteiger partial charge is 0.262 e. The number of carbonyl (C=O) groups excluding carboxylic acids is 1. The highest BCUT2D eigenvalue weighted by molar-refractivity contribution is 5.93. The first-order chi connectivity index (χ1) is 15.6. The van der Waals surface area contributed by atoms with E-state index in [0.29, 0.717) is 22.3 Å². The average Bonchev–Trinajstić information content (AvgIpc) is 2.83. The first kappa shape index (κ1) is 21.4. The van der Waals surface area contributed by atoms with Crippen molar-refractivity contribution in [3.8, 4) is 16.9 Å². The molecule has 0 saturated heterocycles. The Hall–Kier alpha value is -3.86. The second-order valence-electron chi connectivity index (χ2n) is 7.50. The predicted octanol–water partition coefficient (Wildman–Crippen LogP) is 5.60. The molecule has 0 radical (unpaired) electrons. The maximum atomic E-state index is 12.9. The Kier molecular flexibility index (Phi) is 6.36. The summed E-state index contributed by atoms with van der Waals surface area (Å²) in [7, 11) is 0. The Morgan fingerprint density at radius 1 is 0.938 bits per heavy atom. The summed E-state index contributed by atoms with van der Waals surface area (Å²) in [5.41, 5.74) is 4.68. The van der Waals surface area contributed by atoms with Gasteiger partial charge in [0.15, 0.2) is 12.0 Å². The molecule has 1 aromatic heterocycles. The molecule has 162 valence electrons. The molecule has 1 amide bonds. The van der Waals surface area contributed by atoms with Crippen LogP contribution in [0.2, 0.25) is 0 Å². The number of anilines is 1. The number of para-hydroxylation sites is 1. The van der Waals surface area contributed by atoms with Gasteiger partial charge in [0.05, 0.1) is 10.9 Å². The summed E-state index contributed by atoms with van der Waals surface area (Å²) in [5.74, 6) is 0.226. The van der Waals surface area contributed by atoms with Crippen LogP contribution in [0.1, 0.15) is 25.0 Å². The van der Waals surface area contributed by atoms with Crippen molar-refractivity contribution in [3.05, 3.63) is 94.3 Å². The molecule has 5 heteroatoms. The average molecular weight is 428 g/mol. The van der Waals surface area contributed by atoms with Gasteiger partial charge < -0.3 is 14.5 Å². The van der Waals surface area contributed by atoms with Crippen molar-refractivity contribution in [1.29, 1.82) is 0 Å². The van der Waals surface area contributed by atoms with E-state index in [9.17, 15) is 9.59 Å². The van der Waals surface area contributed by atoms with E-state index in [-0.39, 0.29) is 17.9 Å². The van der Waals surface area contributed by atoms with Gasteiger partial charge in [-0.2, -0.15) is 0 Å². The normalized spacial score (nSPS) is 10.8. The zero-order valence-corrected chi connectivity index (χ0v) is 18.2. The molecule has 32 heavy (non-hydrogen) atoms. The van der Waals surface area contributed by atoms with Crippen LogP contribution in [0, 0.1) is 0 Å². The molecule has 1 N–H and O–H groups in total. The molecule has 4 rings (SSSR count). The number of aryl methyl sites for hydroxylation is 2. The number of nitrogens with one attached hydrogen (secondary N) is 1. The Bertz CT molecular complexity index is 1290. The first-order valence-electron chi connectivity index (χ1n) is 10.7. The minimum atomic E-state index is -0.235. The van der Waals surface area contributed by atoms with Gasteiger partial charge in [0.25, 0.3) is 5.91 Å². The van der Waals surface area contributed by atoms with Gasteiger partial charge >= 0.3 is 0 Å². The van der Waals surface area contributed by atoms with Gasteiger partial charge in [-0.05, 0) is 41.7 Å². The fraction of sp³-hybridized carbons (Fsp3) is 0.185. The van der Waals surface area contributed by atoms with Crippen LogP contribution in [-0.2, 0) is 17.6 Å². The van der Waals surface area contributed by atoms with Crippen LogP contribution < -0.4 is 15.5 Å². The van der Waals surface area contributed by atoms with Crippen LogP contribution >= 0.6 is 0 Å². The number of rotatable bonds is 7. The molecule has 0 aliphatic carbocycles. The highest BCUT2D eigenvalue weighted by atomic mass is 16.5. The molecule has 0 spiro atoms. The van der Waals surface area contributed by atoms with E-state index in [1.165, 1.54) is 6.26 Å². The van der Waals surface area contributed by atoms with Gasteiger partial charge in [-0.25, -0.2) is 0 Å². The zero-order chi connectivity index (χ0) is 22.5. The summed E-state index contributed by atoms with van der Waals surface area (Å²) < 4.78 is 11.4. The summed E-state index contributed by atoms with van der Waals surface area (Å²) in [5, 5.41) is 3.45. The van der Waals surface area contributed by atoms with E-state index in [1.54, 1.807) is 18.2 Å². The van der Waals surface area contributed by atoms with Gasteiger partial charge in [-0.1, -0.05) is 62.4 Å². The third-order valence-corrected chi connectivity index (χ3v) is 5.46. The van der Waals surface area contributed by atoms with Crippen LogP contribution in [0.5, 0.6) is 5.75 Å². The molecule has 1 heterocycles. The van der Waals surface area contributed by atoms with Gasteiger partial charge in [0, 0.05) is 11.8 Å². The number of hydrogen-bond acceptors (Lipinski definition) is 4. The standard InChI is InChI=1S/C27H25NO4/c1-3-18-11-8-12-19(4-2)26(18)28-25(29)17-31-21-13-14-22-24(15-21)32-16-23(27(22)30)20-9-6-5-7-10-20/h5-16H,3-4,17H2,1-2H3,(H,28,29). The molecule has 0 atom stereocenters. The van der Waals surface area contributed by atoms with Gasteiger partial charge in [0.2, 0.25) is 0 Å². The van der Waals surface area contributed by atoms with Gasteiger partial charge in [-0.3, -0.25) is 9.59 Å². The Morgan fingerprint density at radius 2 is 1.66 bits per heavy atom. The minimum absolute atomic E-state index is 0.106. The lowest BCUT2D eigenvalue weighted by molar-refractivity contribution is -0.118. The molecule has 0 saturated carbocycles. The van der Waals surface area contributed by atoms with E-state index in [2.05, 4.69) is 19.2 Å². The van der Waals surface area contributed by atoms with Crippen molar-refractivity contribution >= 4 is 22.6 Å². The minimum Gasteiger partial charge on any atom is -0.484 e. The molecule has 5 nitrogen and oxygen atoms in total. The Morgan fingerprint density at radius 3 is 2.34 bits per heavy atom. The molecule has 0 aliphatic rings. The van der Waals surface area contributed by atoms with Crippen molar-refractivity contribution in [3.63, 3.8) is 0 Å². The molecular weight excluding hydrogens is 402 g/mol. The van der Waals surface area contributed by atoms with Crippen LogP contribution in [0.15, 0.2) is 82.2 Å². The monoisotopic (exact) mass is 427 g/mol. The number of benzene rings is 3. The SMILES string of the molecule is CCc1cccc(CC)c1NC(=O)COc1ccc2c(=O)c(-c3ccccc3)coc2c1.